The van der Waals surface area contributed by atoms with Crippen LogP contribution in [0.3, 0.4) is 0 Å². The molecule has 1 amide bonds. The normalized spacial score (nSPS) is 26.0. The number of nitrogens with zero attached hydrogens (tertiary/aromatic N) is 2. The molecule has 2 heterocycles. The third kappa shape index (κ3) is 4.16. The van der Waals surface area contributed by atoms with Gasteiger partial charge in [0.05, 0.1) is 0 Å². The quantitative estimate of drug-likeness (QED) is 0.912. The van der Waals surface area contributed by atoms with Gasteiger partial charge in [0.25, 0.3) is 5.91 Å². The fourth-order valence-corrected chi connectivity index (χ4v) is 4.28. The molecule has 1 unspecified atom stereocenters. The predicted octanol–water partition coefficient (Wildman–Crippen LogP) is 1.71. The molecule has 5 heteroatoms. The second-order valence-corrected chi connectivity index (χ2v) is 7.35. The summed E-state index contributed by atoms with van der Waals surface area (Å²) in [5, 5.41) is 10.4. The highest BCUT2D eigenvalue weighted by atomic mass is 32.2. The maximum Gasteiger partial charge on any atom is 0.255 e. The van der Waals surface area contributed by atoms with Gasteiger partial charge < -0.3 is 10.0 Å². The zero-order valence-corrected chi connectivity index (χ0v) is 14.2. The molecular weight excluding hydrogens is 308 g/mol. The summed E-state index contributed by atoms with van der Waals surface area (Å²) in [6, 6.07) is 10.3. The summed E-state index contributed by atoms with van der Waals surface area (Å²) < 4.78 is 0. The molecule has 1 aromatic carbocycles. The first kappa shape index (κ1) is 16.6. The number of carbonyl (C=O) groups excluding carboxylic acids is 1. The van der Waals surface area contributed by atoms with E-state index in [9.17, 15) is 9.90 Å². The van der Waals surface area contributed by atoms with Crippen molar-refractivity contribution in [2.45, 2.75) is 12.0 Å². The number of amides is 1. The minimum atomic E-state index is -1.11. The lowest BCUT2D eigenvalue weighted by molar-refractivity contribution is -0.150. The monoisotopic (exact) mass is 332 g/mol. The number of rotatable bonds is 4. The van der Waals surface area contributed by atoms with Crippen molar-refractivity contribution in [1.82, 2.24) is 9.80 Å². The smallest absolute Gasteiger partial charge is 0.255 e. The van der Waals surface area contributed by atoms with Crippen molar-refractivity contribution in [2.75, 3.05) is 44.2 Å². The van der Waals surface area contributed by atoms with Crippen molar-refractivity contribution < 1.29 is 9.90 Å². The molecule has 0 radical (unpaired) electrons. The van der Waals surface area contributed by atoms with E-state index >= 15 is 0 Å². The summed E-state index contributed by atoms with van der Waals surface area (Å²) >= 11 is 1.67. The highest BCUT2D eigenvalue weighted by molar-refractivity contribution is 7.99. The molecule has 124 valence electrons. The third-order valence-corrected chi connectivity index (χ3v) is 5.71. The maximum absolute atomic E-state index is 12.5. The van der Waals surface area contributed by atoms with Gasteiger partial charge in [-0.15, -0.1) is 0 Å². The fraction of sp³-hybridized carbons (Fsp3) is 0.500. The number of hydrogen-bond acceptors (Lipinski definition) is 4. The van der Waals surface area contributed by atoms with Gasteiger partial charge in [-0.05, 0) is 17.7 Å². The SMILES string of the molecule is O=C(N1CCN(C/C=C/c2ccccc2)CC1)C1(O)CCSC1. The topological polar surface area (TPSA) is 43.8 Å². The van der Waals surface area contributed by atoms with Crippen LogP contribution in [0.1, 0.15) is 12.0 Å². The molecule has 0 spiro atoms. The molecule has 1 aromatic rings. The number of benzene rings is 1. The van der Waals surface area contributed by atoms with E-state index in [1.165, 1.54) is 5.56 Å². The van der Waals surface area contributed by atoms with Crippen molar-refractivity contribution in [3.05, 3.63) is 42.0 Å². The van der Waals surface area contributed by atoms with E-state index in [-0.39, 0.29) is 5.91 Å². The summed E-state index contributed by atoms with van der Waals surface area (Å²) in [5.41, 5.74) is 0.0994. The van der Waals surface area contributed by atoms with Gasteiger partial charge in [-0.2, -0.15) is 11.8 Å². The number of carbonyl (C=O) groups is 1. The Balaban J connectivity index is 1.45. The first-order chi connectivity index (χ1) is 11.2. The minimum absolute atomic E-state index is 0.0676. The molecule has 0 saturated carbocycles. The molecule has 0 aliphatic carbocycles. The molecule has 0 aromatic heterocycles. The Labute approximate surface area is 142 Å². The molecule has 2 saturated heterocycles. The summed E-state index contributed by atoms with van der Waals surface area (Å²) in [7, 11) is 0. The highest BCUT2D eigenvalue weighted by Gasteiger charge is 2.42. The molecule has 23 heavy (non-hydrogen) atoms. The summed E-state index contributed by atoms with van der Waals surface area (Å²) in [6.07, 6.45) is 4.90. The molecule has 2 aliphatic heterocycles. The Morgan fingerprint density at radius 2 is 1.96 bits per heavy atom. The van der Waals surface area contributed by atoms with E-state index in [0.717, 1.165) is 25.4 Å². The first-order valence-corrected chi connectivity index (χ1v) is 9.36. The number of aliphatic hydroxyl groups is 1. The third-order valence-electron chi connectivity index (χ3n) is 4.53. The van der Waals surface area contributed by atoms with Crippen molar-refractivity contribution >= 4 is 23.7 Å². The van der Waals surface area contributed by atoms with Crippen LogP contribution in [0.5, 0.6) is 0 Å². The summed E-state index contributed by atoms with van der Waals surface area (Å²) in [6.45, 7) is 4.06. The molecule has 1 atom stereocenters. The van der Waals surface area contributed by atoms with Crippen molar-refractivity contribution in [3.63, 3.8) is 0 Å². The Kier molecular flexibility index (Phi) is 5.41. The standard InChI is InChI=1S/C18H24N2O2S/c21-17(18(22)8-14-23-15-18)20-12-10-19(11-13-20)9-4-7-16-5-2-1-3-6-16/h1-7,22H,8-15H2/b7-4+. The molecule has 1 N–H and O–H groups in total. The van der Waals surface area contributed by atoms with E-state index in [1.807, 2.05) is 23.1 Å². The van der Waals surface area contributed by atoms with E-state index in [1.54, 1.807) is 11.8 Å². The van der Waals surface area contributed by atoms with Gasteiger partial charge in [-0.1, -0.05) is 42.5 Å². The predicted molar refractivity (Wildman–Crippen MR) is 95.4 cm³/mol. The van der Waals surface area contributed by atoms with Gasteiger partial charge in [0.2, 0.25) is 0 Å². The number of hydrogen-bond donors (Lipinski definition) is 1. The summed E-state index contributed by atoms with van der Waals surface area (Å²) in [5.74, 6) is 1.36. The van der Waals surface area contributed by atoms with Gasteiger partial charge in [0.1, 0.15) is 0 Å². The van der Waals surface area contributed by atoms with Crippen molar-refractivity contribution in [3.8, 4) is 0 Å². The minimum Gasteiger partial charge on any atom is -0.379 e. The number of thioether (sulfide) groups is 1. The van der Waals surface area contributed by atoms with Crippen LogP contribution in [-0.4, -0.2) is 70.6 Å². The first-order valence-electron chi connectivity index (χ1n) is 8.21. The zero-order valence-electron chi connectivity index (χ0n) is 13.4. The lowest BCUT2D eigenvalue weighted by Gasteiger charge is -2.37. The van der Waals surface area contributed by atoms with Crippen LogP contribution in [0.2, 0.25) is 0 Å². The van der Waals surface area contributed by atoms with Crippen LogP contribution >= 0.6 is 11.8 Å². The van der Waals surface area contributed by atoms with Crippen LogP contribution in [-0.2, 0) is 4.79 Å². The second kappa shape index (κ2) is 7.51. The molecule has 4 nitrogen and oxygen atoms in total. The van der Waals surface area contributed by atoms with Crippen LogP contribution in [0.15, 0.2) is 36.4 Å². The van der Waals surface area contributed by atoms with Crippen LogP contribution < -0.4 is 0 Å². The Morgan fingerprint density at radius 3 is 2.61 bits per heavy atom. The van der Waals surface area contributed by atoms with Crippen molar-refractivity contribution in [2.24, 2.45) is 0 Å². The van der Waals surface area contributed by atoms with Gasteiger partial charge in [-0.3, -0.25) is 9.69 Å². The average molecular weight is 332 g/mol. The van der Waals surface area contributed by atoms with E-state index in [4.69, 9.17) is 0 Å². The zero-order chi connectivity index (χ0) is 16.1. The lowest BCUT2D eigenvalue weighted by atomic mass is 10.0. The fourth-order valence-electron chi connectivity index (χ4n) is 3.05. The number of piperazine rings is 1. The summed E-state index contributed by atoms with van der Waals surface area (Å²) in [4.78, 5) is 16.6. The maximum atomic E-state index is 12.5. The average Bonchev–Trinajstić information content (AvgIpc) is 3.04. The highest BCUT2D eigenvalue weighted by Crippen LogP contribution is 2.29. The van der Waals surface area contributed by atoms with Crippen LogP contribution in [0.4, 0.5) is 0 Å². The molecule has 2 fully saturated rings. The molecule has 2 aliphatic rings. The van der Waals surface area contributed by atoms with Gasteiger partial charge in [-0.25, -0.2) is 0 Å². The molecule has 3 rings (SSSR count). The Bertz CT molecular complexity index is 547. The van der Waals surface area contributed by atoms with Crippen LogP contribution in [0.25, 0.3) is 6.08 Å². The molecular formula is C18H24N2O2S. The van der Waals surface area contributed by atoms with Crippen molar-refractivity contribution in [1.29, 1.82) is 0 Å². The second-order valence-electron chi connectivity index (χ2n) is 6.24. The Morgan fingerprint density at radius 1 is 1.22 bits per heavy atom. The van der Waals surface area contributed by atoms with Gasteiger partial charge in [0, 0.05) is 38.5 Å². The molecule has 0 bridgehead atoms. The van der Waals surface area contributed by atoms with Gasteiger partial charge >= 0.3 is 0 Å². The van der Waals surface area contributed by atoms with E-state index < -0.39 is 5.60 Å². The van der Waals surface area contributed by atoms with Gasteiger partial charge in [0.15, 0.2) is 5.60 Å². The Hall–Kier alpha value is -1.30. The lowest BCUT2D eigenvalue weighted by Crippen LogP contribution is -2.55. The van der Waals surface area contributed by atoms with E-state index in [0.29, 0.717) is 25.3 Å². The largest absolute Gasteiger partial charge is 0.379 e. The van der Waals surface area contributed by atoms with Crippen LogP contribution in [0, 0.1) is 0 Å². The van der Waals surface area contributed by atoms with E-state index in [2.05, 4.69) is 29.2 Å².